The van der Waals surface area contributed by atoms with Crippen LogP contribution >= 0.6 is 0 Å². The maximum Gasteiger partial charge on any atom is 0.227 e. The van der Waals surface area contributed by atoms with Crippen molar-refractivity contribution in [2.75, 3.05) is 40.3 Å². The van der Waals surface area contributed by atoms with Crippen molar-refractivity contribution >= 4 is 5.91 Å². The molecule has 0 bridgehead atoms. The van der Waals surface area contributed by atoms with Gasteiger partial charge in [-0.05, 0) is 55.3 Å². The average molecular weight is 439 g/mol. The summed E-state index contributed by atoms with van der Waals surface area (Å²) in [6, 6.07) is 14.9. The van der Waals surface area contributed by atoms with Gasteiger partial charge in [-0.1, -0.05) is 50.2 Å². The van der Waals surface area contributed by atoms with Crippen LogP contribution in [0.2, 0.25) is 0 Å². The van der Waals surface area contributed by atoms with Gasteiger partial charge < -0.3 is 19.6 Å². The van der Waals surface area contributed by atoms with Crippen LogP contribution in [-0.2, 0) is 24.1 Å². The van der Waals surface area contributed by atoms with Gasteiger partial charge in [0.2, 0.25) is 5.91 Å². The highest BCUT2D eigenvalue weighted by Gasteiger charge is 2.35. The number of rotatable bonds is 10. The van der Waals surface area contributed by atoms with Gasteiger partial charge in [0, 0.05) is 32.5 Å². The van der Waals surface area contributed by atoms with Crippen molar-refractivity contribution in [1.29, 1.82) is 0 Å². The summed E-state index contributed by atoms with van der Waals surface area (Å²) >= 11 is 0. The fourth-order valence-electron chi connectivity index (χ4n) is 4.32. The predicted octanol–water partition coefficient (Wildman–Crippen LogP) is 3.67. The maximum atomic E-state index is 12.8. The SMILES string of the molecule is CC(C)c1ccc(CC2(C)Cc3cc(CC(=O)N(CCO)CCN(C)C)ccc3O2)cc1. The molecule has 0 spiro atoms. The van der Waals surface area contributed by atoms with Gasteiger partial charge in [-0.2, -0.15) is 0 Å². The number of aliphatic hydroxyl groups is 1. The molecule has 5 heteroatoms. The first-order chi connectivity index (χ1) is 15.2. The number of amides is 1. The number of hydrogen-bond donors (Lipinski definition) is 1. The molecular weight excluding hydrogens is 400 g/mol. The topological polar surface area (TPSA) is 53.0 Å². The van der Waals surface area contributed by atoms with Crippen molar-refractivity contribution < 1.29 is 14.6 Å². The molecular formula is C27H38N2O3. The molecule has 1 N–H and O–H groups in total. The molecule has 0 saturated heterocycles. The van der Waals surface area contributed by atoms with E-state index < -0.39 is 0 Å². The van der Waals surface area contributed by atoms with Crippen molar-refractivity contribution in [2.24, 2.45) is 0 Å². The van der Waals surface area contributed by atoms with Gasteiger partial charge in [-0.3, -0.25) is 4.79 Å². The third-order valence-corrected chi connectivity index (χ3v) is 6.17. The second kappa shape index (κ2) is 10.5. The smallest absolute Gasteiger partial charge is 0.227 e. The molecule has 32 heavy (non-hydrogen) atoms. The molecule has 3 rings (SSSR count). The normalized spacial score (nSPS) is 17.5. The van der Waals surface area contributed by atoms with Crippen LogP contribution in [0.3, 0.4) is 0 Å². The van der Waals surface area contributed by atoms with E-state index in [9.17, 15) is 9.90 Å². The summed E-state index contributed by atoms with van der Waals surface area (Å²) in [4.78, 5) is 16.6. The Bertz CT molecular complexity index is 908. The molecule has 174 valence electrons. The zero-order valence-corrected chi connectivity index (χ0v) is 20.2. The monoisotopic (exact) mass is 438 g/mol. The Morgan fingerprint density at radius 2 is 1.75 bits per heavy atom. The molecule has 0 fully saturated rings. The van der Waals surface area contributed by atoms with Crippen LogP contribution in [0, 0.1) is 0 Å². The first kappa shape index (κ1) is 24.3. The standard InChI is InChI=1S/C27H38N2O3/c1-20(2)23-9-6-21(7-10-23)18-27(3)19-24-16-22(8-11-25(24)32-27)17-26(31)29(14-15-30)13-12-28(4)5/h6-11,16,20,30H,12-15,17-19H2,1-5H3. The van der Waals surface area contributed by atoms with Crippen molar-refractivity contribution in [1.82, 2.24) is 9.80 Å². The van der Waals surface area contributed by atoms with Gasteiger partial charge in [-0.25, -0.2) is 0 Å². The predicted molar refractivity (Wildman–Crippen MR) is 129 cm³/mol. The minimum atomic E-state index is -0.279. The molecule has 1 aliphatic heterocycles. The molecule has 0 radical (unpaired) electrons. The molecule has 5 nitrogen and oxygen atoms in total. The minimum absolute atomic E-state index is 0.0201. The second-order valence-corrected chi connectivity index (χ2v) is 9.83. The Labute approximate surface area is 193 Å². The van der Waals surface area contributed by atoms with E-state index in [1.165, 1.54) is 16.7 Å². The molecule has 0 saturated carbocycles. The molecule has 2 aromatic rings. The van der Waals surface area contributed by atoms with Gasteiger partial charge in [0.05, 0.1) is 13.0 Å². The minimum Gasteiger partial charge on any atom is -0.487 e. The van der Waals surface area contributed by atoms with Gasteiger partial charge in [0.1, 0.15) is 11.4 Å². The molecule has 1 aliphatic rings. The fraction of sp³-hybridized carbons (Fsp3) is 0.519. The van der Waals surface area contributed by atoms with E-state index in [-0.39, 0.29) is 18.1 Å². The van der Waals surface area contributed by atoms with E-state index in [1.807, 2.05) is 31.1 Å². The van der Waals surface area contributed by atoms with Gasteiger partial charge in [-0.15, -0.1) is 0 Å². The molecule has 1 atom stereocenters. The van der Waals surface area contributed by atoms with Crippen LogP contribution in [0.5, 0.6) is 5.75 Å². The highest BCUT2D eigenvalue weighted by molar-refractivity contribution is 5.79. The summed E-state index contributed by atoms with van der Waals surface area (Å²) < 4.78 is 6.35. The lowest BCUT2D eigenvalue weighted by molar-refractivity contribution is -0.131. The van der Waals surface area contributed by atoms with E-state index >= 15 is 0 Å². The molecule has 1 heterocycles. The lowest BCUT2D eigenvalue weighted by Gasteiger charge is -2.24. The lowest BCUT2D eigenvalue weighted by atomic mass is 9.90. The van der Waals surface area contributed by atoms with Crippen LogP contribution in [0.4, 0.5) is 0 Å². The van der Waals surface area contributed by atoms with Crippen LogP contribution in [0.25, 0.3) is 0 Å². The highest BCUT2D eigenvalue weighted by Crippen LogP contribution is 2.37. The molecule has 1 unspecified atom stereocenters. The van der Waals surface area contributed by atoms with Crippen LogP contribution < -0.4 is 4.74 Å². The van der Waals surface area contributed by atoms with Crippen LogP contribution in [0.1, 0.15) is 48.9 Å². The zero-order chi connectivity index (χ0) is 23.3. The van der Waals surface area contributed by atoms with Crippen LogP contribution in [-0.4, -0.2) is 66.8 Å². The molecule has 0 aromatic heterocycles. The molecule has 2 aromatic carbocycles. The third kappa shape index (κ3) is 6.33. The maximum absolute atomic E-state index is 12.8. The van der Waals surface area contributed by atoms with Crippen molar-refractivity contribution in [2.45, 2.75) is 51.6 Å². The number of hydrogen-bond acceptors (Lipinski definition) is 4. The quantitative estimate of drug-likeness (QED) is 0.615. The van der Waals surface area contributed by atoms with Gasteiger partial charge in [0.15, 0.2) is 0 Å². The zero-order valence-electron chi connectivity index (χ0n) is 20.2. The summed E-state index contributed by atoms with van der Waals surface area (Å²) in [6.07, 6.45) is 2.02. The lowest BCUT2D eigenvalue weighted by Crippen LogP contribution is -2.39. The first-order valence-electron chi connectivity index (χ1n) is 11.6. The Kier molecular flexibility index (Phi) is 7.96. The number of carbonyl (C=O) groups excluding carboxylic acids is 1. The van der Waals surface area contributed by atoms with Crippen molar-refractivity contribution in [3.63, 3.8) is 0 Å². The second-order valence-electron chi connectivity index (χ2n) is 9.83. The van der Waals surface area contributed by atoms with E-state index in [0.29, 0.717) is 25.4 Å². The number of carbonyl (C=O) groups is 1. The third-order valence-electron chi connectivity index (χ3n) is 6.17. The van der Waals surface area contributed by atoms with Gasteiger partial charge in [0.25, 0.3) is 0 Å². The Hall–Kier alpha value is -2.37. The summed E-state index contributed by atoms with van der Waals surface area (Å²) in [5.74, 6) is 1.50. The summed E-state index contributed by atoms with van der Waals surface area (Å²) in [6.45, 7) is 8.33. The number of likely N-dealkylation sites (N-methyl/N-ethyl adjacent to an activating group) is 1. The van der Waals surface area contributed by atoms with E-state index in [0.717, 1.165) is 30.7 Å². The summed E-state index contributed by atoms with van der Waals surface area (Å²) in [5.41, 5.74) is 4.51. The fourth-order valence-corrected chi connectivity index (χ4v) is 4.32. The molecule has 0 aliphatic carbocycles. The van der Waals surface area contributed by atoms with E-state index in [1.54, 1.807) is 4.90 Å². The highest BCUT2D eigenvalue weighted by atomic mass is 16.5. The molecule has 1 amide bonds. The number of nitrogens with zero attached hydrogens (tertiary/aromatic N) is 2. The number of fused-ring (bicyclic) bond motifs is 1. The number of ether oxygens (including phenoxy) is 1. The van der Waals surface area contributed by atoms with Crippen molar-refractivity contribution in [3.05, 3.63) is 64.7 Å². The largest absolute Gasteiger partial charge is 0.487 e. The number of aliphatic hydroxyl groups excluding tert-OH is 1. The van der Waals surface area contributed by atoms with Crippen LogP contribution in [0.15, 0.2) is 42.5 Å². The Morgan fingerprint density at radius 1 is 1.06 bits per heavy atom. The summed E-state index contributed by atoms with van der Waals surface area (Å²) in [5, 5.41) is 9.34. The number of benzene rings is 2. The van der Waals surface area contributed by atoms with Crippen molar-refractivity contribution in [3.8, 4) is 5.75 Å². The Morgan fingerprint density at radius 3 is 2.38 bits per heavy atom. The van der Waals surface area contributed by atoms with Gasteiger partial charge >= 0.3 is 0 Å². The average Bonchev–Trinajstić information content (AvgIpc) is 3.06. The Balaban J connectivity index is 1.64. The van der Waals surface area contributed by atoms with E-state index in [2.05, 4.69) is 51.1 Å². The van der Waals surface area contributed by atoms with E-state index in [4.69, 9.17) is 4.74 Å². The summed E-state index contributed by atoms with van der Waals surface area (Å²) in [7, 11) is 3.97. The first-order valence-corrected chi connectivity index (χ1v) is 11.6.